The van der Waals surface area contributed by atoms with E-state index in [9.17, 15) is 10.1 Å². The number of carbonyl (C=O) groups is 1. The van der Waals surface area contributed by atoms with Crippen LogP contribution in [0.1, 0.15) is 27.5 Å². The molecule has 1 aliphatic rings. The van der Waals surface area contributed by atoms with E-state index < -0.39 is 6.04 Å². The molecule has 2 aromatic carbocycles. The summed E-state index contributed by atoms with van der Waals surface area (Å²) in [5.74, 6) is 0.619. The maximum absolute atomic E-state index is 12.6. The van der Waals surface area contributed by atoms with Gasteiger partial charge in [0.05, 0.1) is 11.6 Å². The molecule has 1 N–H and O–H groups in total. The molecule has 1 atom stereocenters. The largest absolute Gasteiger partial charge is 0.486 e. The first-order valence-corrected chi connectivity index (χ1v) is 7.35. The SMILES string of the molecule is Cc1ccccc1C(C#N)NC(=O)c1cccc2c1OCCO2. The zero-order valence-electron chi connectivity index (χ0n) is 12.7. The molecule has 1 aliphatic heterocycles. The Kier molecular flexibility index (Phi) is 4.15. The Bertz CT molecular complexity index is 780. The highest BCUT2D eigenvalue weighted by atomic mass is 16.6. The van der Waals surface area contributed by atoms with Gasteiger partial charge in [0.25, 0.3) is 5.91 Å². The van der Waals surface area contributed by atoms with Gasteiger partial charge in [-0.2, -0.15) is 5.26 Å². The first-order chi connectivity index (χ1) is 11.2. The predicted octanol–water partition coefficient (Wildman–Crippen LogP) is 2.76. The minimum Gasteiger partial charge on any atom is -0.486 e. The molecule has 23 heavy (non-hydrogen) atoms. The van der Waals surface area contributed by atoms with Crippen LogP contribution in [0.5, 0.6) is 11.5 Å². The highest BCUT2D eigenvalue weighted by Crippen LogP contribution is 2.33. The van der Waals surface area contributed by atoms with Gasteiger partial charge in [0.2, 0.25) is 0 Å². The maximum Gasteiger partial charge on any atom is 0.256 e. The molecule has 5 nitrogen and oxygen atoms in total. The van der Waals surface area contributed by atoms with Gasteiger partial charge in [0, 0.05) is 0 Å². The molecule has 1 amide bonds. The van der Waals surface area contributed by atoms with Crippen molar-refractivity contribution in [2.24, 2.45) is 0 Å². The molecule has 0 radical (unpaired) electrons. The van der Waals surface area contributed by atoms with Crippen LogP contribution in [0.3, 0.4) is 0 Å². The van der Waals surface area contributed by atoms with E-state index in [0.717, 1.165) is 11.1 Å². The third kappa shape index (κ3) is 2.97. The van der Waals surface area contributed by atoms with Crippen molar-refractivity contribution in [1.29, 1.82) is 5.26 Å². The number of amides is 1. The lowest BCUT2D eigenvalue weighted by Crippen LogP contribution is -2.29. The third-order valence-electron chi connectivity index (χ3n) is 3.71. The molecule has 0 aliphatic carbocycles. The topological polar surface area (TPSA) is 71.4 Å². The molecule has 0 saturated carbocycles. The van der Waals surface area contributed by atoms with E-state index in [-0.39, 0.29) is 5.91 Å². The number of rotatable bonds is 3. The Balaban J connectivity index is 1.87. The Morgan fingerprint density at radius 2 is 1.96 bits per heavy atom. The van der Waals surface area contributed by atoms with Crippen molar-refractivity contribution in [3.8, 4) is 17.6 Å². The molecular weight excluding hydrogens is 292 g/mol. The first kappa shape index (κ1) is 14.9. The second kappa shape index (κ2) is 6.41. The third-order valence-corrected chi connectivity index (χ3v) is 3.71. The van der Waals surface area contributed by atoms with Crippen molar-refractivity contribution in [1.82, 2.24) is 5.32 Å². The normalized spacial score (nSPS) is 13.7. The van der Waals surface area contributed by atoms with Gasteiger partial charge in [-0.1, -0.05) is 30.3 Å². The number of ether oxygens (including phenoxy) is 2. The highest BCUT2D eigenvalue weighted by molar-refractivity contribution is 5.98. The van der Waals surface area contributed by atoms with Crippen LogP contribution in [-0.4, -0.2) is 19.1 Å². The summed E-state index contributed by atoms with van der Waals surface area (Å²) in [6.07, 6.45) is 0. The van der Waals surface area contributed by atoms with Crippen LogP contribution in [0.4, 0.5) is 0 Å². The number of hydrogen-bond acceptors (Lipinski definition) is 4. The van der Waals surface area contributed by atoms with Crippen LogP contribution in [0.25, 0.3) is 0 Å². The van der Waals surface area contributed by atoms with Crippen molar-refractivity contribution in [3.63, 3.8) is 0 Å². The number of para-hydroxylation sites is 1. The zero-order chi connectivity index (χ0) is 16.2. The van der Waals surface area contributed by atoms with E-state index in [1.807, 2.05) is 31.2 Å². The zero-order valence-corrected chi connectivity index (χ0v) is 12.7. The van der Waals surface area contributed by atoms with Gasteiger partial charge in [0.15, 0.2) is 11.5 Å². The number of nitrogens with zero attached hydrogens (tertiary/aromatic N) is 1. The van der Waals surface area contributed by atoms with Crippen molar-refractivity contribution in [2.45, 2.75) is 13.0 Å². The average Bonchev–Trinajstić information content (AvgIpc) is 2.59. The average molecular weight is 308 g/mol. The Labute approximate surface area is 134 Å². The monoisotopic (exact) mass is 308 g/mol. The summed E-state index contributed by atoms with van der Waals surface area (Å²) in [6.45, 7) is 2.77. The second-order valence-electron chi connectivity index (χ2n) is 5.22. The molecule has 0 saturated heterocycles. The van der Waals surface area contributed by atoms with Crippen LogP contribution in [0.2, 0.25) is 0 Å². The van der Waals surface area contributed by atoms with Crippen molar-refractivity contribution in [3.05, 3.63) is 59.2 Å². The summed E-state index contributed by atoms with van der Waals surface area (Å²) in [5.41, 5.74) is 2.11. The summed E-state index contributed by atoms with van der Waals surface area (Å²) in [6, 6.07) is 14.1. The van der Waals surface area contributed by atoms with E-state index >= 15 is 0 Å². The van der Waals surface area contributed by atoms with Crippen LogP contribution >= 0.6 is 0 Å². The van der Waals surface area contributed by atoms with Gasteiger partial charge in [-0.05, 0) is 30.2 Å². The van der Waals surface area contributed by atoms with Gasteiger partial charge >= 0.3 is 0 Å². The van der Waals surface area contributed by atoms with Crippen molar-refractivity contribution >= 4 is 5.91 Å². The smallest absolute Gasteiger partial charge is 0.256 e. The van der Waals surface area contributed by atoms with Gasteiger partial charge in [-0.25, -0.2) is 0 Å². The number of nitrogens with one attached hydrogen (secondary N) is 1. The first-order valence-electron chi connectivity index (χ1n) is 7.35. The molecule has 0 fully saturated rings. The van der Waals surface area contributed by atoms with Gasteiger partial charge in [-0.15, -0.1) is 0 Å². The Morgan fingerprint density at radius 1 is 1.17 bits per heavy atom. The van der Waals surface area contributed by atoms with E-state index in [0.29, 0.717) is 30.3 Å². The summed E-state index contributed by atoms with van der Waals surface area (Å²) >= 11 is 0. The predicted molar refractivity (Wildman–Crippen MR) is 84.4 cm³/mol. The molecule has 5 heteroatoms. The van der Waals surface area contributed by atoms with Crippen LogP contribution in [-0.2, 0) is 0 Å². The fourth-order valence-corrected chi connectivity index (χ4v) is 2.55. The molecule has 1 unspecified atom stereocenters. The molecule has 0 spiro atoms. The standard InChI is InChI=1S/C18H16N2O3/c1-12-5-2-3-6-13(12)15(11-19)20-18(21)14-7-4-8-16-17(14)23-10-9-22-16/h2-8,15H,9-10H2,1H3,(H,20,21). The molecule has 2 aromatic rings. The van der Waals surface area contributed by atoms with Crippen molar-refractivity contribution < 1.29 is 14.3 Å². The van der Waals surface area contributed by atoms with Crippen LogP contribution < -0.4 is 14.8 Å². The summed E-state index contributed by atoms with van der Waals surface area (Å²) in [5, 5.41) is 12.2. The minimum absolute atomic E-state index is 0.359. The minimum atomic E-state index is -0.718. The Morgan fingerprint density at radius 3 is 2.74 bits per heavy atom. The quantitative estimate of drug-likeness (QED) is 0.946. The summed E-state index contributed by atoms with van der Waals surface area (Å²) < 4.78 is 11.0. The fourth-order valence-electron chi connectivity index (χ4n) is 2.55. The second-order valence-corrected chi connectivity index (χ2v) is 5.22. The van der Waals surface area contributed by atoms with E-state index in [4.69, 9.17) is 9.47 Å². The lowest BCUT2D eigenvalue weighted by Gasteiger charge is -2.21. The van der Waals surface area contributed by atoms with E-state index in [2.05, 4.69) is 11.4 Å². The number of carbonyl (C=O) groups excluding carboxylic acids is 1. The molecule has 0 aromatic heterocycles. The van der Waals surface area contributed by atoms with E-state index in [1.54, 1.807) is 18.2 Å². The maximum atomic E-state index is 12.6. The summed E-state index contributed by atoms with van der Waals surface area (Å²) in [4.78, 5) is 12.6. The number of fused-ring (bicyclic) bond motifs is 1. The molecule has 116 valence electrons. The number of hydrogen-bond donors (Lipinski definition) is 1. The van der Waals surface area contributed by atoms with Gasteiger partial charge in [0.1, 0.15) is 19.3 Å². The van der Waals surface area contributed by atoms with E-state index in [1.165, 1.54) is 0 Å². The number of aryl methyl sites for hydroxylation is 1. The van der Waals surface area contributed by atoms with Gasteiger partial charge < -0.3 is 14.8 Å². The molecule has 3 rings (SSSR count). The lowest BCUT2D eigenvalue weighted by atomic mass is 10.0. The summed E-state index contributed by atoms with van der Waals surface area (Å²) in [7, 11) is 0. The number of benzene rings is 2. The lowest BCUT2D eigenvalue weighted by molar-refractivity contribution is 0.0934. The Hall–Kier alpha value is -3.00. The number of nitriles is 1. The van der Waals surface area contributed by atoms with Gasteiger partial charge in [-0.3, -0.25) is 4.79 Å². The molecule has 0 bridgehead atoms. The van der Waals surface area contributed by atoms with Crippen LogP contribution in [0, 0.1) is 18.3 Å². The highest BCUT2D eigenvalue weighted by Gasteiger charge is 2.23. The molecule has 1 heterocycles. The van der Waals surface area contributed by atoms with Crippen LogP contribution in [0.15, 0.2) is 42.5 Å². The molecular formula is C18H16N2O3. The van der Waals surface area contributed by atoms with Crippen molar-refractivity contribution in [2.75, 3.05) is 13.2 Å². The fraction of sp³-hybridized carbons (Fsp3) is 0.222.